The third kappa shape index (κ3) is 3.53. The summed E-state index contributed by atoms with van der Waals surface area (Å²) in [6.07, 6.45) is 2.09. The second-order valence-electron chi connectivity index (χ2n) is 5.60. The Labute approximate surface area is 132 Å². The van der Waals surface area contributed by atoms with Gasteiger partial charge in [0.05, 0.1) is 20.1 Å². The zero-order chi connectivity index (χ0) is 15.9. The molecule has 0 aromatic heterocycles. The number of amides is 1. The van der Waals surface area contributed by atoms with Crippen molar-refractivity contribution in [3.63, 3.8) is 0 Å². The highest BCUT2D eigenvalue weighted by molar-refractivity contribution is 5.80. The van der Waals surface area contributed by atoms with Gasteiger partial charge in [-0.05, 0) is 12.5 Å². The van der Waals surface area contributed by atoms with Crippen LogP contribution in [0.5, 0.6) is 11.5 Å². The summed E-state index contributed by atoms with van der Waals surface area (Å²) in [5.41, 5.74) is 1.03. The molecule has 1 amide bonds. The first-order valence-electron chi connectivity index (χ1n) is 7.92. The molecule has 22 heavy (non-hydrogen) atoms. The van der Waals surface area contributed by atoms with Crippen molar-refractivity contribution in [1.29, 1.82) is 0 Å². The molecule has 2 unspecified atom stereocenters. The number of hydrogen-bond acceptors (Lipinski definition) is 4. The van der Waals surface area contributed by atoms with Gasteiger partial charge >= 0.3 is 0 Å². The van der Waals surface area contributed by atoms with Gasteiger partial charge in [0.15, 0.2) is 11.5 Å². The summed E-state index contributed by atoms with van der Waals surface area (Å²) in [5, 5.41) is 6.36. The fraction of sp³-hybridized carbons (Fsp3) is 0.588. The number of carbonyl (C=O) groups excluding carboxylic acids is 1. The second kappa shape index (κ2) is 8.03. The molecule has 1 heterocycles. The van der Waals surface area contributed by atoms with E-state index in [1.54, 1.807) is 14.2 Å². The van der Waals surface area contributed by atoms with Gasteiger partial charge in [-0.1, -0.05) is 25.5 Å². The third-order valence-electron chi connectivity index (χ3n) is 4.21. The molecule has 0 radical (unpaired) electrons. The fourth-order valence-electron chi connectivity index (χ4n) is 3.00. The molecular weight excluding hydrogens is 280 g/mol. The zero-order valence-corrected chi connectivity index (χ0v) is 13.6. The van der Waals surface area contributed by atoms with Gasteiger partial charge in [-0.15, -0.1) is 0 Å². The lowest BCUT2D eigenvalue weighted by Gasteiger charge is -2.21. The molecule has 1 aliphatic rings. The Morgan fingerprint density at radius 3 is 2.82 bits per heavy atom. The number of methoxy groups -OCH3 is 2. The Hall–Kier alpha value is -1.75. The Bertz CT molecular complexity index is 505. The maximum atomic E-state index is 12.4. The maximum absolute atomic E-state index is 12.4. The Morgan fingerprint density at radius 2 is 2.14 bits per heavy atom. The van der Waals surface area contributed by atoms with E-state index in [2.05, 4.69) is 17.6 Å². The van der Waals surface area contributed by atoms with Crippen LogP contribution in [0.25, 0.3) is 0 Å². The van der Waals surface area contributed by atoms with Gasteiger partial charge in [-0.3, -0.25) is 4.79 Å². The first-order chi connectivity index (χ1) is 10.7. The van der Waals surface area contributed by atoms with Crippen molar-refractivity contribution in [2.75, 3.05) is 33.9 Å². The molecule has 2 rings (SSSR count). The molecule has 0 aliphatic carbocycles. The van der Waals surface area contributed by atoms with E-state index in [9.17, 15) is 4.79 Å². The van der Waals surface area contributed by atoms with E-state index in [1.807, 2.05) is 18.2 Å². The topological polar surface area (TPSA) is 59.6 Å². The Balaban J connectivity index is 2.18. The average molecular weight is 306 g/mol. The van der Waals surface area contributed by atoms with E-state index in [4.69, 9.17) is 9.47 Å². The molecule has 5 heteroatoms. The predicted molar refractivity (Wildman–Crippen MR) is 86.6 cm³/mol. The molecule has 0 saturated carbocycles. The van der Waals surface area contributed by atoms with Gasteiger partial charge < -0.3 is 20.1 Å². The van der Waals surface area contributed by atoms with E-state index in [0.29, 0.717) is 12.3 Å². The predicted octanol–water partition coefficient (Wildman–Crippen LogP) is 1.92. The average Bonchev–Trinajstić information content (AvgIpc) is 3.03. The molecule has 0 bridgehead atoms. The van der Waals surface area contributed by atoms with Crippen molar-refractivity contribution in [3.8, 4) is 11.5 Å². The molecule has 2 N–H and O–H groups in total. The van der Waals surface area contributed by atoms with Crippen LogP contribution < -0.4 is 20.1 Å². The quantitative estimate of drug-likeness (QED) is 0.756. The van der Waals surface area contributed by atoms with Crippen molar-refractivity contribution in [2.24, 2.45) is 5.92 Å². The summed E-state index contributed by atoms with van der Waals surface area (Å²) in [7, 11) is 3.27. The number of para-hydroxylation sites is 1. The van der Waals surface area contributed by atoms with Crippen molar-refractivity contribution >= 4 is 5.91 Å². The van der Waals surface area contributed by atoms with Crippen molar-refractivity contribution < 1.29 is 14.3 Å². The third-order valence-corrected chi connectivity index (χ3v) is 4.21. The highest BCUT2D eigenvalue weighted by Crippen LogP contribution is 2.39. The maximum Gasteiger partial charge on any atom is 0.225 e. The van der Waals surface area contributed by atoms with Crippen LogP contribution >= 0.6 is 0 Å². The van der Waals surface area contributed by atoms with Crippen molar-refractivity contribution in [2.45, 2.75) is 25.7 Å². The van der Waals surface area contributed by atoms with Gasteiger partial charge in [0.25, 0.3) is 0 Å². The molecular formula is C17H26N2O3. The minimum Gasteiger partial charge on any atom is -0.493 e. The molecule has 0 spiro atoms. The first-order valence-corrected chi connectivity index (χ1v) is 7.92. The normalized spacial score (nSPS) is 20.7. The number of benzene rings is 1. The molecule has 122 valence electrons. The molecule has 5 nitrogen and oxygen atoms in total. The van der Waals surface area contributed by atoms with Crippen LogP contribution in [0, 0.1) is 5.92 Å². The number of unbranched alkanes of at least 4 members (excludes halogenated alkanes) is 1. The van der Waals surface area contributed by atoms with Crippen LogP contribution in [0.3, 0.4) is 0 Å². The van der Waals surface area contributed by atoms with Gasteiger partial charge in [-0.2, -0.15) is 0 Å². The molecule has 1 aliphatic heterocycles. The highest BCUT2D eigenvalue weighted by atomic mass is 16.5. The molecule has 1 aromatic carbocycles. The van der Waals surface area contributed by atoms with Gasteiger partial charge in [0.1, 0.15) is 0 Å². The van der Waals surface area contributed by atoms with E-state index in [0.717, 1.165) is 37.2 Å². The van der Waals surface area contributed by atoms with Crippen LogP contribution in [0.1, 0.15) is 31.2 Å². The smallest absolute Gasteiger partial charge is 0.225 e. The summed E-state index contributed by atoms with van der Waals surface area (Å²) in [6, 6.07) is 5.84. The number of carbonyl (C=O) groups is 1. The van der Waals surface area contributed by atoms with Gasteiger partial charge in [0, 0.05) is 31.1 Å². The summed E-state index contributed by atoms with van der Waals surface area (Å²) < 4.78 is 10.9. The standard InChI is InChI=1S/C17H26N2O3/c1-4-5-9-19-17(20)14-11-18-10-13(14)12-7-6-8-15(21-2)16(12)22-3/h6-8,13-14,18H,4-5,9-11H2,1-3H3,(H,19,20). The number of hydrogen-bond donors (Lipinski definition) is 2. The zero-order valence-electron chi connectivity index (χ0n) is 13.6. The van der Waals surface area contributed by atoms with Crippen LogP contribution in [0.4, 0.5) is 0 Å². The Kier molecular flexibility index (Phi) is 6.07. The monoisotopic (exact) mass is 306 g/mol. The summed E-state index contributed by atoms with van der Waals surface area (Å²) in [4.78, 5) is 12.4. The molecule has 1 saturated heterocycles. The summed E-state index contributed by atoms with van der Waals surface area (Å²) in [5.74, 6) is 1.58. The minimum absolute atomic E-state index is 0.0714. The number of rotatable bonds is 7. The largest absolute Gasteiger partial charge is 0.493 e. The van der Waals surface area contributed by atoms with E-state index < -0.39 is 0 Å². The van der Waals surface area contributed by atoms with Crippen LogP contribution in [0.2, 0.25) is 0 Å². The highest BCUT2D eigenvalue weighted by Gasteiger charge is 2.35. The van der Waals surface area contributed by atoms with Crippen LogP contribution in [-0.4, -0.2) is 39.8 Å². The Morgan fingerprint density at radius 1 is 1.32 bits per heavy atom. The minimum atomic E-state index is -0.0714. The van der Waals surface area contributed by atoms with Crippen molar-refractivity contribution in [1.82, 2.24) is 10.6 Å². The van der Waals surface area contributed by atoms with Gasteiger partial charge in [-0.25, -0.2) is 0 Å². The number of ether oxygens (including phenoxy) is 2. The lowest BCUT2D eigenvalue weighted by atomic mass is 9.87. The van der Waals surface area contributed by atoms with Crippen LogP contribution in [-0.2, 0) is 4.79 Å². The SMILES string of the molecule is CCCCNC(=O)C1CNCC1c1cccc(OC)c1OC. The van der Waals surface area contributed by atoms with Gasteiger partial charge in [0.2, 0.25) is 5.91 Å². The summed E-state index contributed by atoms with van der Waals surface area (Å²) in [6.45, 7) is 4.33. The lowest BCUT2D eigenvalue weighted by Crippen LogP contribution is -2.35. The second-order valence-corrected chi connectivity index (χ2v) is 5.60. The van der Waals surface area contributed by atoms with Crippen LogP contribution in [0.15, 0.2) is 18.2 Å². The fourth-order valence-corrected chi connectivity index (χ4v) is 3.00. The number of nitrogens with one attached hydrogen (secondary N) is 2. The first kappa shape index (κ1) is 16.6. The van der Waals surface area contributed by atoms with E-state index >= 15 is 0 Å². The van der Waals surface area contributed by atoms with E-state index in [-0.39, 0.29) is 17.7 Å². The van der Waals surface area contributed by atoms with Crippen molar-refractivity contribution in [3.05, 3.63) is 23.8 Å². The lowest BCUT2D eigenvalue weighted by molar-refractivity contribution is -0.124. The molecule has 2 atom stereocenters. The molecule has 1 fully saturated rings. The van der Waals surface area contributed by atoms with E-state index in [1.165, 1.54) is 0 Å². The molecule has 1 aromatic rings. The summed E-state index contributed by atoms with van der Waals surface area (Å²) >= 11 is 0.